The topological polar surface area (TPSA) is 74.3 Å². The van der Waals surface area contributed by atoms with E-state index in [0.29, 0.717) is 35.4 Å². The molecule has 36 heavy (non-hydrogen) atoms. The van der Waals surface area contributed by atoms with Gasteiger partial charge in [0, 0.05) is 35.6 Å². The number of nitrogens with one attached hydrogen (secondary N) is 2. The third kappa shape index (κ3) is 5.19. The van der Waals surface area contributed by atoms with Gasteiger partial charge in [0.15, 0.2) is 0 Å². The lowest BCUT2D eigenvalue weighted by Crippen LogP contribution is -2.38. The molecule has 5 rings (SSSR count). The zero-order chi connectivity index (χ0) is 25.1. The maximum Gasteiger partial charge on any atom is 0.321 e. The Morgan fingerprint density at radius 1 is 0.944 bits per heavy atom. The second kappa shape index (κ2) is 10.6. The smallest absolute Gasteiger partial charge is 0.321 e. The van der Waals surface area contributed by atoms with E-state index >= 15 is 0 Å². The molecule has 1 atom stereocenters. The number of benzene rings is 4. The van der Waals surface area contributed by atoms with E-state index in [1.807, 2.05) is 72.9 Å². The second-order valence-corrected chi connectivity index (χ2v) is 9.45. The van der Waals surface area contributed by atoms with E-state index in [-0.39, 0.29) is 0 Å². The number of aliphatic carboxylic acids is 1. The van der Waals surface area contributed by atoms with Crippen molar-refractivity contribution in [3.63, 3.8) is 0 Å². The van der Waals surface area contributed by atoms with Crippen LogP contribution in [0.1, 0.15) is 16.7 Å². The van der Waals surface area contributed by atoms with Crippen molar-refractivity contribution in [1.82, 2.24) is 10.3 Å². The van der Waals surface area contributed by atoms with Gasteiger partial charge in [-0.1, -0.05) is 77.8 Å². The van der Waals surface area contributed by atoms with Crippen LogP contribution < -0.4 is 10.1 Å². The maximum atomic E-state index is 12.2. The van der Waals surface area contributed by atoms with E-state index < -0.39 is 12.0 Å². The van der Waals surface area contributed by atoms with Gasteiger partial charge >= 0.3 is 5.97 Å². The van der Waals surface area contributed by atoms with Crippen molar-refractivity contribution in [2.24, 2.45) is 0 Å². The number of carboxylic acids is 1. The van der Waals surface area contributed by atoms with Crippen molar-refractivity contribution in [1.29, 1.82) is 0 Å². The summed E-state index contributed by atoms with van der Waals surface area (Å²) >= 11 is 12.2. The van der Waals surface area contributed by atoms with Gasteiger partial charge in [0.1, 0.15) is 18.4 Å². The molecular weight excluding hydrogens is 495 g/mol. The van der Waals surface area contributed by atoms with E-state index in [0.717, 1.165) is 38.4 Å². The molecule has 0 aliphatic rings. The molecule has 0 saturated heterocycles. The molecule has 182 valence electrons. The molecule has 7 heteroatoms. The number of halogens is 2. The number of rotatable bonds is 9. The van der Waals surface area contributed by atoms with Crippen LogP contribution >= 0.6 is 23.2 Å². The monoisotopic (exact) mass is 518 g/mol. The van der Waals surface area contributed by atoms with Crippen molar-refractivity contribution < 1.29 is 14.6 Å². The first-order valence-electron chi connectivity index (χ1n) is 11.6. The van der Waals surface area contributed by atoms with Crippen LogP contribution in [0.15, 0.2) is 85.1 Å². The summed E-state index contributed by atoms with van der Waals surface area (Å²) in [5, 5.41) is 17.3. The van der Waals surface area contributed by atoms with E-state index in [1.54, 1.807) is 12.1 Å². The van der Waals surface area contributed by atoms with Gasteiger partial charge in [0.2, 0.25) is 0 Å². The fourth-order valence-electron chi connectivity index (χ4n) is 4.42. The van der Waals surface area contributed by atoms with Gasteiger partial charge in [-0.05, 0) is 46.2 Å². The van der Waals surface area contributed by atoms with Gasteiger partial charge in [-0.2, -0.15) is 0 Å². The fraction of sp³-hybridized carbons (Fsp3) is 0.138. The molecule has 0 unspecified atom stereocenters. The zero-order valence-corrected chi connectivity index (χ0v) is 20.8. The number of aromatic nitrogens is 1. The predicted molar refractivity (Wildman–Crippen MR) is 145 cm³/mol. The van der Waals surface area contributed by atoms with Crippen LogP contribution in [-0.2, 0) is 24.4 Å². The number of hydrogen-bond donors (Lipinski definition) is 3. The standard InChI is InChI=1S/C29H24Cl2N2O3/c30-24-11-9-18(13-25(24)31)17-36-28-12-10-19-5-1-2-6-21(19)23(28)16-33-27(29(34)35)14-20-15-32-26-8-4-3-7-22(20)26/h1-13,15,27,32-33H,14,16-17H2,(H,34,35)/t27-/m0/s1. The summed E-state index contributed by atoms with van der Waals surface area (Å²) in [4.78, 5) is 15.4. The van der Waals surface area contributed by atoms with Crippen LogP contribution in [0.2, 0.25) is 10.0 Å². The molecule has 0 bridgehead atoms. The number of carboxylic acid groups (broad SMARTS) is 1. The number of H-pyrrole nitrogens is 1. The quantitative estimate of drug-likeness (QED) is 0.196. The van der Waals surface area contributed by atoms with Crippen molar-refractivity contribution in [2.75, 3.05) is 0 Å². The molecule has 4 aromatic carbocycles. The number of hydrogen-bond acceptors (Lipinski definition) is 3. The number of carbonyl (C=O) groups is 1. The Morgan fingerprint density at radius 3 is 2.53 bits per heavy atom. The van der Waals surface area contributed by atoms with Crippen molar-refractivity contribution in [3.8, 4) is 5.75 Å². The Balaban J connectivity index is 1.39. The molecule has 0 radical (unpaired) electrons. The molecular formula is C29H24Cl2N2O3. The minimum absolute atomic E-state index is 0.305. The molecule has 1 aromatic heterocycles. The molecule has 0 spiro atoms. The van der Waals surface area contributed by atoms with Gasteiger partial charge in [-0.25, -0.2) is 0 Å². The summed E-state index contributed by atoms with van der Waals surface area (Å²) < 4.78 is 6.19. The van der Waals surface area contributed by atoms with Gasteiger partial charge in [-0.3, -0.25) is 10.1 Å². The SMILES string of the molecule is O=C(O)[C@H](Cc1c[nH]c2ccccc12)NCc1c(OCc2ccc(Cl)c(Cl)c2)ccc2ccccc12. The Morgan fingerprint density at radius 2 is 1.72 bits per heavy atom. The Bertz CT molecular complexity index is 1550. The van der Waals surface area contributed by atoms with Crippen molar-refractivity contribution in [2.45, 2.75) is 25.6 Å². The average molecular weight is 519 g/mol. The minimum Gasteiger partial charge on any atom is -0.489 e. The number of ether oxygens (including phenoxy) is 1. The Hall–Kier alpha value is -3.51. The molecule has 0 amide bonds. The molecule has 0 saturated carbocycles. The Kier molecular flexibility index (Phi) is 7.14. The lowest BCUT2D eigenvalue weighted by molar-refractivity contribution is -0.139. The van der Waals surface area contributed by atoms with Gasteiger partial charge in [0.05, 0.1) is 10.0 Å². The Labute approximate surface area is 218 Å². The molecule has 0 aliphatic heterocycles. The summed E-state index contributed by atoms with van der Waals surface area (Å²) in [5.41, 5.74) is 3.74. The molecule has 1 heterocycles. The maximum absolute atomic E-state index is 12.2. The predicted octanol–water partition coefficient (Wildman–Crippen LogP) is 6.99. The summed E-state index contributed by atoms with van der Waals surface area (Å²) in [7, 11) is 0. The molecule has 0 fully saturated rings. The van der Waals surface area contributed by atoms with E-state index in [4.69, 9.17) is 27.9 Å². The van der Waals surface area contributed by atoms with Crippen LogP contribution in [0.5, 0.6) is 5.75 Å². The highest BCUT2D eigenvalue weighted by atomic mass is 35.5. The zero-order valence-electron chi connectivity index (χ0n) is 19.3. The largest absolute Gasteiger partial charge is 0.489 e. The normalized spacial score (nSPS) is 12.2. The molecule has 3 N–H and O–H groups in total. The van der Waals surface area contributed by atoms with Crippen molar-refractivity contribution >= 4 is 50.8 Å². The number of para-hydroxylation sites is 1. The van der Waals surface area contributed by atoms with Crippen molar-refractivity contribution in [3.05, 3.63) is 112 Å². The van der Waals surface area contributed by atoms with Gasteiger partial charge in [0.25, 0.3) is 0 Å². The van der Waals surface area contributed by atoms with Crippen LogP contribution in [0.4, 0.5) is 0 Å². The second-order valence-electron chi connectivity index (χ2n) is 8.64. The highest BCUT2D eigenvalue weighted by molar-refractivity contribution is 6.42. The third-order valence-electron chi connectivity index (χ3n) is 6.30. The highest BCUT2D eigenvalue weighted by Gasteiger charge is 2.21. The first-order chi connectivity index (χ1) is 17.5. The number of aromatic amines is 1. The van der Waals surface area contributed by atoms with Crippen LogP contribution in [-0.4, -0.2) is 22.1 Å². The third-order valence-corrected chi connectivity index (χ3v) is 7.04. The first-order valence-corrected chi connectivity index (χ1v) is 12.3. The average Bonchev–Trinajstić information content (AvgIpc) is 3.30. The van der Waals surface area contributed by atoms with Gasteiger partial charge < -0.3 is 14.8 Å². The highest BCUT2D eigenvalue weighted by Crippen LogP contribution is 2.30. The van der Waals surface area contributed by atoms with Crippen LogP contribution in [0.3, 0.4) is 0 Å². The van der Waals surface area contributed by atoms with E-state index in [9.17, 15) is 9.90 Å². The van der Waals surface area contributed by atoms with Gasteiger partial charge in [-0.15, -0.1) is 0 Å². The molecule has 5 aromatic rings. The summed E-state index contributed by atoms with van der Waals surface area (Å²) in [6.45, 7) is 0.636. The first kappa shape index (κ1) is 24.2. The fourth-order valence-corrected chi connectivity index (χ4v) is 4.74. The lowest BCUT2D eigenvalue weighted by atomic mass is 10.0. The number of fused-ring (bicyclic) bond motifs is 2. The van der Waals surface area contributed by atoms with E-state index in [1.165, 1.54) is 0 Å². The minimum atomic E-state index is -0.904. The summed E-state index contributed by atoms with van der Waals surface area (Å²) in [6.07, 6.45) is 2.23. The molecule has 0 aliphatic carbocycles. The lowest BCUT2D eigenvalue weighted by Gasteiger charge is -2.18. The van der Waals surface area contributed by atoms with E-state index in [2.05, 4.69) is 10.3 Å². The summed E-state index contributed by atoms with van der Waals surface area (Å²) in [5.74, 6) is -0.220. The summed E-state index contributed by atoms with van der Waals surface area (Å²) in [6, 6.07) is 24.4. The van der Waals surface area contributed by atoms with Crippen LogP contribution in [0.25, 0.3) is 21.7 Å². The van der Waals surface area contributed by atoms with Crippen LogP contribution in [0, 0.1) is 0 Å². The molecule has 5 nitrogen and oxygen atoms in total.